The van der Waals surface area contributed by atoms with Crippen molar-refractivity contribution in [3.05, 3.63) is 53.6 Å². The normalized spacial score (nSPS) is 11.1. The van der Waals surface area contributed by atoms with Crippen molar-refractivity contribution in [3.63, 3.8) is 0 Å². The van der Waals surface area contributed by atoms with Crippen LogP contribution in [-0.4, -0.2) is 74.4 Å². The van der Waals surface area contributed by atoms with Crippen LogP contribution in [0.25, 0.3) is 12.2 Å². The second-order valence-corrected chi connectivity index (χ2v) is 8.34. The molecule has 0 unspecified atom stereocenters. The molecule has 0 saturated carbocycles. The van der Waals surface area contributed by atoms with Crippen molar-refractivity contribution in [3.8, 4) is 28.7 Å². The quantitative estimate of drug-likeness (QED) is 0.204. The van der Waals surface area contributed by atoms with E-state index in [0.29, 0.717) is 49.5 Å². The molecule has 0 spiro atoms. The minimum absolute atomic E-state index is 0.0250. The standard InChI is InChI=1S/C28H37N3O7/c1-36-23-17-20(7-10-22(23)32)8-11-26(33)30-14-6-16-31(15-5-4-13-29)27(34)12-9-21-18-24(37-2)28(35)25(19-21)38-3/h7-12,17-19,32,35H,4-6,13-16,29H2,1-3H3,(H,30,33). The first-order chi connectivity index (χ1) is 18.3. The number of nitrogens with one attached hydrogen (secondary N) is 1. The highest BCUT2D eigenvalue weighted by atomic mass is 16.5. The molecule has 0 radical (unpaired) electrons. The van der Waals surface area contributed by atoms with Gasteiger partial charge in [0.1, 0.15) is 0 Å². The van der Waals surface area contributed by atoms with Crippen LogP contribution >= 0.6 is 0 Å². The van der Waals surface area contributed by atoms with Crippen LogP contribution in [0.1, 0.15) is 30.4 Å². The van der Waals surface area contributed by atoms with Gasteiger partial charge in [0.05, 0.1) is 21.3 Å². The van der Waals surface area contributed by atoms with Crippen LogP contribution < -0.4 is 25.3 Å². The highest BCUT2D eigenvalue weighted by Crippen LogP contribution is 2.37. The molecule has 0 aliphatic rings. The number of phenols is 2. The minimum Gasteiger partial charge on any atom is -0.504 e. The summed E-state index contributed by atoms with van der Waals surface area (Å²) in [6, 6.07) is 8.01. The summed E-state index contributed by atoms with van der Waals surface area (Å²) in [6.07, 6.45) is 8.24. The van der Waals surface area contributed by atoms with Gasteiger partial charge in [-0.1, -0.05) is 6.07 Å². The van der Waals surface area contributed by atoms with Crippen molar-refractivity contribution < 1.29 is 34.0 Å². The molecule has 0 saturated heterocycles. The van der Waals surface area contributed by atoms with E-state index in [0.717, 1.165) is 12.8 Å². The zero-order chi connectivity index (χ0) is 27.9. The van der Waals surface area contributed by atoms with E-state index < -0.39 is 0 Å². The number of nitrogens with two attached hydrogens (primary N) is 1. The third-order valence-corrected chi connectivity index (χ3v) is 5.65. The molecule has 2 aromatic rings. The van der Waals surface area contributed by atoms with Crippen LogP contribution in [0.3, 0.4) is 0 Å². The molecule has 0 aromatic heterocycles. The van der Waals surface area contributed by atoms with Gasteiger partial charge in [-0.3, -0.25) is 9.59 Å². The SMILES string of the molecule is COc1cc(C=CC(=O)NCCCN(CCCCN)C(=O)C=Cc2cc(OC)c(O)c(OC)c2)ccc1O. The summed E-state index contributed by atoms with van der Waals surface area (Å²) in [4.78, 5) is 26.8. The number of amides is 2. The van der Waals surface area contributed by atoms with Gasteiger partial charge in [0.15, 0.2) is 23.0 Å². The molecular formula is C28H37N3O7. The monoisotopic (exact) mass is 527 g/mol. The fourth-order valence-electron chi connectivity index (χ4n) is 3.57. The molecular weight excluding hydrogens is 490 g/mol. The van der Waals surface area contributed by atoms with Gasteiger partial charge < -0.3 is 40.4 Å². The van der Waals surface area contributed by atoms with E-state index in [1.165, 1.54) is 39.5 Å². The lowest BCUT2D eigenvalue weighted by atomic mass is 10.1. The average molecular weight is 528 g/mol. The van der Waals surface area contributed by atoms with Crippen LogP contribution in [0.4, 0.5) is 0 Å². The number of rotatable bonds is 15. The molecule has 2 amide bonds. The lowest BCUT2D eigenvalue weighted by molar-refractivity contribution is -0.126. The summed E-state index contributed by atoms with van der Waals surface area (Å²) in [5.41, 5.74) is 6.95. The van der Waals surface area contributed by atoms with E-state index >= 15 is 0 Å². The largest absolute Gasteiger partial charge is 0.504 e. The molecule has 2 rings (SSSR count). The molecule has 2 aromatic carbocycles. The number of hydrogen-bond acceptors (Lipinski definition) is 8. The second-order valence-electron chi connectivity index (χ2n) is 8.34. The van der Waals surface area contributed by atoms with Crippen LogP contribution in [0.15, 0.2) is 42.5 Å². The van der Waals surface area contributed by atoms with E-state index in [9.17, 15) is 19.8 Å². The summed E-state index contributed by atoms with van der Waals surface area (Å²) < 4.78 is 15.4. The van der Waals surface area contributed by atoms with Gasteiger partial charge in [-0.05, 0) is 73.4 Å². The Balaban J connectivity index is 1.94. The zero-order valence-electron chi connectivity index (χ0n) is 22.1. The van der Waals surface area contributed by atoms with Gasteiger partial charge in [-0.2, -0.15) is 0 Å². The number of carbonyl (C=O) groups excluding carboxylic acids is 2. The molecule has 5 N–H and O–H groups in total. The number of phenolic OH excluding ortho intramolecular Hbond substituents is 2. The summed E-state index contributed by atoms with van der Waals surface area (Å²) in [7, 11) is 4.33. The summed E-state index contributed by atoms with van der Waals surface area (Å²) >= 11 is 0. The van der Waals surface area contributed by atoms with E-state index in [2.05, 4.69) is 5.32 Å². The summed E-state index contributed by atoms with van der Waals surface area (Å²) in [5.74, 6) is 0.271. The lowest BCUT2D eigenvalue weighted by Crippen LogP contribution is -2.34. The van der Waals surface area contributed by atoms with Crippen molar-refractivity contribution >= 4 is 24.0 Å². The Morgan fingerprint density at radius 1 is 0.868 bits per heavy atom. The molecule has 0 fully saturated rings. The number of ether oxygens (including phenoxy) is 3. The fraction of sp³-hybridized carbons (Fsp3) is 0.357. The van der Waals surface area contributed by atoms with Crippen LogP contribution in [0.5, 0.6) is 28.7 Å². The van der Waals surface area contributed by atoms with Crippen molar-refractivity contribution in [1.82, 2.24) is 10.2 Å². The maximum atomic E-state index is 12.9. The van der Waals surface area contributed by atoms with E-state index in [4.69, 9.17) is 19.9 Å². The Kier molecular flexibility index (Phi) is 12.5. The smallest absolute Gasteiger partial charge is 0.246 e. The Labute approximate surface area is 223 Å². The number of nitrogens with zero attached hydrogens (tertiary/aromatic N) is 1. The Bertz CT molecular complexity index is 1110. The molecule has 0 atom stereocenters. The molecule has 10 nitrogen and oxygen atoms in total. The van der Waals surface area contributed by atoms with Gasteiger partial charge in [-0.15, -0.1) is 0 Å². The highest BCUT2D eigenvalue weighted by Gasteiger charge is 2.13. The third-order valence-electron chi connectivity index (χ3n) is 5.65. The fourth-order valence-corrected chi connectivity index (χ4v) is 3.57. The summed E-state index contributed by atoms with van der Waals surface area (Å²) in [6.45, 7) is 1.92. The first-order valence-electron chi connectivity index (χ1n) is 12.3. The Morgan fingerprint density at radius 3 is 2.11 bits per heavy atom. The van der Waals surface area contributed by atoms with Crippen molar-refractivity contribution in [1.29, 1.82) is 0 Å². The van der Waals surface area contributed by atoms with Gasteiger partial charge in [0.25, 0.3) is 0 Å². The number of benzene rings is 2. The van der Waals surface area contributed by atoms with Crippen molar-refractivity contribution in [2.75, 3.05) is 47.5 Å². The molecule has 0 aliphatic heterocycles. The molecule has 0 aliphatic carbocycles. The predicted molar refractivity (Wildman–Crippen MR) is 146 cm³/mol. The van der Waals surface area contributed by atoms with Crippen LogP contribution in [0.2, 0.25) is 0 Å². The number of carbonyl (C=O) groups is 2. The lowest BCUT2D eigenvalue weighted by Gasteiger charge is -2.21. The van der Waals surface area contributed by atoms with Gasteiger partial charge in [-0.25, -0.2) is 0 Å². The molecule has 0 bridgehead atoms. The van der Waals surface area contributed by atoms with E-state index in [1.54, 1.807) is 41.3 Å². The third kappa shape index (κ3) is 9.36. The number of aromatic hydroxyl groups is 2. The number of unbranched alkanes of at least 4 members (excludes halogenated alkanes) is 1. The average Bonchev–Trinajstić information content (AvgIpc) is 2.93. The maximum absolute atomic E-state index is 12.9. The topological polar surface area (TPSA) is 144 Å². The molecule has 206 valence electrons. The maximum Gasteiger partial charge on any atom is 0.246 e. The number of hydrogen-bond donors (Lipinski definition) is 4. The number of methoxy groups -OCH3 is 3. The van der Waals surface area contributed by atoms with Crippen molar-refractivity contribution in [2.45, 2.75) is 19.3 Å². The molecule has 10 heteroatoms. The zero-order valence-corrected chi connectivity index (χ0v) is 22.1. The Morgan fingerprint density at radius 2 is 1.47 bits per heavy atom. The van der Waals surface area contributed by atoms with Crippen LogP contribution in [-0.2, 0) is 9.59 Å². The van der Waals surface area contributed by atoms with E-state index in [-0.39, 0.29) is 34.8 Å². The second kappa shape index (κ2) is 15.8. The highest BCUT2D eigenvalue weighted by molar-refractivity contribution is 5.92. The summed E-state index contributed by atoms with van der Waals surface area (Å²) in [5, 5.41) is 22.5. The predicted octanol–water partition coefficient (Wildman–Crippen LogP) is 2.92. The first-order valence-corrected chi connectivity index (χ1v) is 12.3. The minimum atomic E-state index is -0.270. The van der Waals surface area contributed by atoms with Crippen molar-refractivity contribution in [2.24, 2.45) is 5.73 Å². The molecule has 0 heterocycles. The first kappa shape index (κ1) is 30.0. The van der Waals surface area contributed by atoms with Gasteiger partial charge in [0, 0.05) is 31.8 Å². The molecule has 38 heavy (non-hydrogen) atoms. The van der Waals surface area contributed by atoms with E-state index in [1.807, 2.05) is 0 Å². The van der Waals surface area contributed by atoms with Crippen LogP contribution in [0, 0.1) is 0 Å². The van der Waals surface area contributed by atoms with Gasteiger partial charge in [0.2, 0.25) is 17.6 Å². The Hall–Kier alpha value is -4.18. The van der Waals surface area contributed by atoms with Gasteiger partial charge >= 0.3 is 0 Å².